The van der Waals surface area contributed by atoms with Crippen LogP contribution in [0.25, 0.3) is 0 Å². The van der Waals surface area contributed by atoms with Crippen molar-refractivity contribution >= 4 is 23.7 Å². The van der Waals surface area contributed by atoms with E-state index in [1.807, 2.05) is 13.8 Å². The Labute approximate surface area is 141 Å². The minimum Gasteiger partial charge on any atom is -0.479 e. The van der Waals surface area contributed by atoms with Gasteiger partial charge in [0.15, 0.2) is 11.5 Å². The standard InChI is InChI=1S/C16H26O8/c1-4-6-8-23-12(18)10-16(22,15(20)21)13(11(3)17)14(19)24-9-7-5-2/h13,22H,4-10H2,1-3H3,(H,20,21). The summed E-state index contributed by atoms with van der Waals surface area (Å²) >= 11 is 0. The zero-order valence-corrected chi connectivity index (χ0v) is 14.4. The van der Waals surface area contributed by atoms with Gasteiger partial charge < -0.3 is 19.7 Å². The maximum absolute atomic E-state index is 12.0. The predicted octanol–water partition coefficient (Wildman–Crippen LogP) is 1.08. The fourth-order valence-electron chi connectivity index (χ4n) is 2.00. The molecule has 0 aliphatic rings. The Bertz CT molecular complexity index is 459. The minimum atomic E-state index is -2.90. The molecule has 0 aromatic heterocycles. The Kier molecular flexibility index (Phi) is 9.87. The van der Waals surface area contributed by atoms with Gasteiger partial charge in [0.05, 0.1) is 19.6 Å². The van der Waals surface area contributed by atoms with Crippen LogP contribution in [0.5, 0.6) is 0 Å². The molecule has 2 unspecified atom stereocenters. The summed E-state index contributed by atoms with van der Waals surface area (Å²) in [5.41, 5.74) is -2.90. The number of Topliss-reactive ketones (excluding diaryl/α,β-unsaturated/α-hetero) is 1. The van der Waals surface area contributed by atoms with Gasteiger partial charge in [0.2, 0.25) is 0 Å². The van der Waals surface area contributed by atoms with Crippen LogP contribution in [0.15, 0.2) is 0 Å². The van der Waals surface area contributed by atoms with E-state index in [0.29, 0.717) is 12.8 Å². The monoisotopic (exact) mass is 346 g/mol. The molecule has 0 bridgehead atoms. The molecule has 0 spiro atoms. The van der Waals surface area contributed by atoms with Crippen molar-refractivity contribution in [3.8, 4) is 0 Å². The highest BCUT2D eigenvalue weighted by Gasteiger charge is 2.53. The lowest BCUT2D eigenvalue weighted by Crippen LogP contribution is -2.54. The number of aliphatic hydroxyl groups is 1. The number of unbranched alkanes of at least 4 members (excludes halogenated alkanes) is 2. The third-order valence-electron chi connectivity index (χ3n) is 3.41. The second kappa shape index (κ2) is 10.7. The smallest absolute Gasteiger partial charge is 0.337 e. The van der Waals surface area contributed by atoms with Crippen molar-refractivity contribution in [3.63, 3.8) is 0 Å². The van der Waals surface area contributed by atoms with Crippen LogP contribution in [0, 0.1) is 5.92 Å². The van der Waals surface area contributed by atoms with E-state index in [2.05, 4.69) is 0 Å². The first kappa shape index (κ1) is 22.0. The summed E-state index contributed by atoms with van der Waals surface area (Å²) in [4.78, 5) is 47.0. The Morgan fingerprint density at radius 2 is 1.50 bits per heavy atom. The normalized spacial score (nSPS) is 14.3. The molecule has 0 fully saturated rings. The first-order valence-corrected chi connectivity index (χ1v) is 7.99. The lowest BCUT2D eigenvalue weighted by molar-refractivity contribution is -0.183. The molecule has 0 amide bonds. The van der Waals surface area contributed by atoms with Crippen molar-refractivity contribution < 1.29 is 38.9 Å². The van der Waals surface area contributed by atoms with E-state index >= 15 is 0 Å². The summed E-state index contributed by atoms with van der Waals surface area (Å²) in [5, 5.41) is 19.6. The van der Waals surface area contributed by atoms with Crippen LogP contribution in [-0.2, 0) is 28.7 Å². The second-order valence-electron chi connectivity index (χ2n) is 5.54. The molecule has 2 atom stereocenters. The number of carbonyl (C=O) groups excluding carboxylic acids is 3. The Morgan fingerprint density at radius 3 is 1.92 bits per heavy atom. The van der Waals surface area contributed by atoms with Crippen LogP contribution < -0.4 is 0 Å². The van der Waals surface area contributed by atoms with Crippen molar-refractivity contribution in [1.29, 1.82) is 0 Å². The summed E-state index contributed by atoms with van der Waals surface area (Å²) in [5.74, 6) is -6.92. The first-order chi connectivity index (χ1) is 11.2. The van der Waals surface area contributed by atoms with Crippen LogP contribution in [0.1, 0.15) is 52.9 Å². The highest BCUT2D eigenvalue weighted by atomic mass is 16.5. The van der Waals surface area contributed by atoms with Crippen LogP contribution in [0.3, 0.4) is 0 Å². The number of carboxylic acid groups (broad SMARTS) is 1. The predicted molar refractivity (Wildman–Crippen MR) is 83.1 cm³/mol. The highest BCUT2D eigenvalue weighted by molar-refractivity contribution is 6.05. The van der Waals surface area contributed by atoms with Crippen LogP contribution >= 0.6 is 0 Å². The van der Waals surface area contributed by atoms with E-state index in [9.17, 15) is 29.4 Å². The fraction of sp³-hybridized carbons (Fsp3) is 0.750. The molecule has 0 aliphatic heterocycles. The molecule has 0 saturated carbocycles. The number of esters is 2. The maximum Gasteiger partial charge on any atom is 0.337 e. The molecule has 138 valence electrons. The molecule has 2 N–H and O–H groups in total. The van der Waals surface area contributed by atoms with Gasteiger partial charge in [-0.3, -0.25) is 14.4 Å². The SMILES string of the molecule is CCCCOC(=O)CC(O)(C(=O)O)C(C(C)=O)C(=O)OCCCC. The van der Waals surface area contributed by atoms with Gasteiger partial charge in [-0.05, 0) is 19.8 Å². The average Bonchev–Trinajstić information content (AvgIpc) is 2.47. The summed E-state index contributed by atoms with van der Waals surface area (Å²) in [6, 6.07) is 0. The number of ether oxygens (including phenoxy) is 2. The van der Waals surface area contributed by atoms with Crippen molar-refractivity contribution in [3.05, 3.63) is 0 Å². The topological polar surface area (TPSA) is 127 Å². The van der Waals surface area contributed by atoms with E-state index in [1.54, 1.807) is 0 Å². The van der Waals surface area contributed by atoms with Gasteiger partial charge in [-0.2, -0.15) is 0 Å². The summed E-state index contributed by atoms with van der Waals surface area (Å²) in [6.07, 6.45) is 1.58. The van der Waals surface area contributed by atoms with Crippen LogP contribution in [0.4, 0.5) is 0 Å². The quantitative estimate of drug-likeness (QED) is 0.305. The fourth-order valence-corrected chi connectivity index (χ4v) is 2.00. The molecule has 0 rings (SSSR count). The molecule has 24 heavy (non-hydrogen) atoms. The van der Waals surface area contributed by atoms with Crippen molar-refractivity contribution in [1.82, 2.24) is 0 Å². The van der Waals surface area contributed by atoms with Gasteiger partial charge in [0.25, 0.3) is 0 Å². The molecule has 0 aromatic carbocycles. The first-order valence-electron chi connectivity index (χ1n) is 7.99. The number of aliphatic carboxylic acids is 1. The van der Waals surface area contributed by atoms with Gasteiger partial charge in [-0.1, -0.05) is 26.7 Å². The van der Waals surface area contributed by atoms with E-state index in [1.165, 1.54) is 0 Å². The average molecular weight is 346 g/mol. The zero-order chi connectivity index (χ0) is 18.8. The number of carboxylic acids is 1. The Hall–Kier alpha value is -1.96. The van der Waals surface area contributed by atoms with Gasteiger partial charge in [0.1, 0.15) is 5.78 Å². The lowest BCUT2D eigenvalue weighted by atomic mass is 9.82. The van der Waals surface area contributed by atoms with E-state index in [0.717, 1.165) is 19.8 Å². The van der Waals surface area contributed by atoms with Crippen LogP contribution in [0.2, 0.25) is 0 Å². The second-order valence-corrected chi connectivity index (χ2v) is 5.54. The van der Waals surface area contributed by atoms with Gasteiger partial charge in [-0.25, -0.2) is 4.79 Å². The molecule has 0 aromatic rings. The molecule has 0 aliphatic carbocycles. The number of carbonyl (C=O) groups is 4. The van der Waals surface area contributed by atoms with E-state index < -0.39 is 41.6 Å². The minimum absolute atomic E-state index is 0.00421. The van der Waals surface area contributed by atoms with Crippen molar-refractivity contribution in [2.24, 2.45) is 5.92 Å². The number of hydrogen-bond acceptors (Lipinski definition) is 7. The molecule has 0 saturated heterocycles. The van der Waals surface area contributed by atoms with Gasteiger partial charge in [-0.15, -0.1) is 0 Å². The van der Waals surface area contributed by atoms with Crippen molar-refractivity contribution in [2.75, 3.05) is 13.2 Å². The molecule has 8 nitrogen and oxygen atoms in total. The lowest BCUT2D eigenvalue weighted by Gasteiger charge is -2.28. The number of ketones is 1. The zero-order valence-electron chi connectivity index (χ0n) is 14.4. The molecular weight excluding hydrogens is 320 g/mol. The summed E-state index contributed by atoms with van der Waals surface area (Å²) in [7, 11) is 0. The van der Waals surface area contributed by atoms with Gasteiger partial charge in [0, 0.05) is 0 Å². The maximum atomic E-state index is 12.0. The summed E-state index contributed by atoms with van der Waals surface area (Å²) in [6.45, 7) is 4.75. The Balaban J connectivity index is 5.22. The molecule has 0 heterocycles. The third kappa shape index (κ3) is 6.66. The van der Waals surface area contributed by atoms with E-state index in [-0.39, 0.29) is 13.2 Å². The molecule has 0 radical (unpaired) electrons. The van der Waals surface area contributed by atoms with E-state index in [4.69, 9.17) is 9.47 Å². The molecular formula is C16H26O8. The Morgan fingerprint density at radius 1 is 1.00 bits per heavy atom. The largest absolute Gasteiger partial charge is 0.479 e. The van der Waals surface area contributed by atoms with Gasteiger partial charge >= 0.3 is 17.9 Å². The summed E-state index contributed by atoms with van der Waals surface area (Å²) < 4.78 is 9.66. The number of rotatable bonds is 12. The third-order valence-corrected chi connectivity index (χ3v) is 3.41. The molecule has 8 heteroatoms. The van der Waals surface area contributed by atoms with Crippen LogP contribution in [-0.4, -0.2) is 52.7 Å². The highest BCUT2D eigenvalue weighted by Crippen LogP contribution is 2.26. The number of hydrogen-bond donors (Lipinski definition) is 2. The van der Waals surface area contributed by atoms with Crippen molar-refractivity contribution in [2.45, 2.75) is 58.5 Å².